The Morgan fingerprint density at radius 1 is 1.28 bits per heavy atom. The van der Waals surface area contributed by atoms with Crippen LogP contribution in [0.4, 0.5) is 4.79 Å². The van der Waals surface area contributed by atoms with Gasteiger partial charge < -0.3 is 4.74 Å². The molecule has 0 aliphatic heterocycles. The summed E-state index contributed by atoms with van der Waals surface area (Å²) in [5.41, 5.74) is -0.0719. The van der Waals surface area contributed by atoms with Crippen LogP contribution in [0, 0.1) is 29.1 Å². The van der Waals surface area contributed by atoms with Gasteiger partial charge in [-0.15, -0.1) is 0 Å². The molecule has 4 fully saturated rings. The van der Waals surface area contributed by atoms with Crippen molar-refractivity contribution in [3.05, 3.63) is 0 Å². The Morgan fingerprint density at radius 2 is 1.78 bits per heavy atom. The third kappa shape index (κ3) is 1.68. The lowest BCUT2D eigenvalue weighted by Gasteiger charge is -2.59. The van der Waals surface area contributed by atoms with Crippen LogP contribution in [0.2, 0.25) is 0 Å². The smallest absolute Gasteiger partial charge is 0.410 e. The van der Waals surface area contributed by atoms with Crippen LogP contribution in [0.1, 0.15) is 38.5 Å². The van der Waals surface area contributed by atoms with Crippen LogP contribution in [0.3, 0.4) is 0 Å². The average Bonchev–Trinajstić information content (AvgIpc) is 2.33. The van der Waals surface area contributed by atoms with Gasteiger partial charge >= 0.3 is 6.09 Å². The third-order valence-corrected chi connectivity index (χ3v) is 5.20. The van der Waals surface area contributed by atoms with Crippen molar-refractivity contribution in [1.82, 2.24) is 4.90 Å². The first kappa shape index (κ1) is 11.8. The molecule has 0 aromatic heterocycles. The van der Waals surface area contributed by atoms with Gasteiger partial charge in [-0.05, 0) is 56.3 Å². The fourth-order valence-corrected chi connectivity index (χ4v) is 5.00. The molecule has 0 spiro atoms. The highest BCUT2D eigenvalue weighted by Crippen LogP contribution is 2.57. The SMILES string of the molecule is COC(=O)N(CC#N)C12CC3CC(CC(C3)C1)C2. The quantitative estimate of drug-likeness (QED) is 0.706. The minimum absolute atomic E-state index is 0.0719. The zero-order valence-corrected chi connectivity index (χ0v) is 10.9. The Hall–Kier alpha value is -1.24. The maximum atomic E-state index is 12.0. The molecule has 0 aromatic carbocycles. The second-order valence-corrected chi connectivity index (χ2v) is 6.36. The normalized spacial score (nSPS) is 40.3. The molecule has 4 saturated carbocycles. The van der Waals surface area contributed by atoms with Gasteiger partial charge in [0.25, 0.3) is 0 Å². The van der Waals surface area contributed by atoms with Crippen molar-refractivity contribution < 1.29 is 9.53 Å². The fraction of sp³-hybridized carbons (Fsp3) is 0.857. The first-order valence-corrected chi connectivity index (χ1v) is 6.89. The lowest BCUT2D eigenvalue weighted by atomic mass is 9.52. The molecular weight excluding hydrogens is 228 g/mol. The van der Waals surface area contributed by atoms with E-state index < -0.39 is 0 Å². The van der Waals surface area contributed by atoms with Crippen molar-refractivity contribution >= 4 is 6.09 Å². The van der Waals surface area contributed by atoms with Crippen LogP contribution in [-0.4, -0.2) is 30.2 Å². The summed E-state index contributed by atoms with van der Waals surface area (Å²) in [5, 5.41) is 8.98. The van der Waals surface area contributed by atoms with Gasteiger partial charge in [0.1, 0.15) is 6.54 Å². The summed E-state index contributed by atoms with van der Waals surface area (Å²) in [6, 6.07) is 2.13. The van der Waals surface area contributed by atoms with E-state index in [1.807, 2.05) is 0 Å². The zero-order valence-electron chi connectivity index (χ0n) is 10.9. The van der Waals surface area contributed by atoms with Gasteiger partial charge in [-0.1, -0.05) is 0 Å². The van der Waals surface area contributed by atoms with E-state index in [1.165, 1.54) is 26.4 Å². The monoisotopic (exact) mass is 248 g/mol. The van der Waals surface area contributed by atoms with Gasteiger partial charge in [0, 0.05) is 5.54 Å². The number of hydrogen-bond acceptors (Lipinski definition) is 3. The van der Waals surface area contributed by atoms with Crippen molar-refractivity contribution in [2.45, 2.75) is 44.1 Å². The molecule has 4 rings (SSSR count). The fourth-order valence-electron chi connectivity index (χ4n) is 5.00. The second-order valence-electron chi connectivity index (χ2n) is 6.36. The van der Waals surface area contributed by atoms with Crippen molar-refractivity contribution in [1.29, 1.82) is 5.26 Å². The molecule has 0 radical (unpaired) electrons. The maximum Gasteiger partial charge on any atom is 0.410 e. The minimum Gasteiger partial charge on any atom is -0.453 e. The van der Waals surface area contributed by atoms with Gasteiger partial charge in [-0.3, -0.25) is 4.90 Å². The van der Waals surface area contributed by atoms with Crippen LogP contribution in [0.15, 0.2) is 0 Å². The summed E-state index contributed by atoms with van der Waals surface area (Å²) >= 11 is 0. The molecule has 98 valence electrons. The lowest BCUT2D eigenvalue weighted by molar-refractivity contribution is -0.0752. The van der Waals surface area contributed by atoms with E-state index in [2.05, 4.69) is 6.07 Å². The van der Waals surface area contributed by atoms with Gasteiger partial charge in [0.15, 0.2) is 0 Å². The highest BCUT2D eigenvalue weighted by molar-refractivity contribution is 5.69. The average molecular weight is 248 g/mol. The van der Waals surface area contributed by atoms with Crippen molar-refractivity contribution in [2.24, 2.45) is 17.8 Å². The molecule has 0 saturated heterocycles. The van der Waals surface area contributed by atoms with Gasteiger partial charge in [0.05, 0.1) is 13.2 Å². The molecule has 4 bridgehead atoms. The van der Waals surface area contributed by atoms with E-state index in [4.69, 9.17) is 10.00 Å². The number of ether oxygens (including phenoxy) is 1. The van der Waals surface area contributed by atoms with E-state index in [-0.39, 0.29) is 18.2 Å². The number of carbonyl (C=O) groups is 1. The summed E-state index contributed by atoms with van der Waals surface area (Å²) in [4.78, 5) is 13.7. The van der Waals surface area contributed by atoms with Crippen LogP contribution < -0.4 is 0 Å². The maximum absolute atomic E-state index is 12.0. The third-order valence-electron chi connectivity index (χ3n) is 5.20. The van der Waals surface area contributed by atoms with Crippen LogP contribution in [0.25, 0.3) is 0 Å². The molecule has 0 atom stereocenters. The second kappa shape index (κ2) is 4.15. The summed E-state index contributed by atoms with van der Waals surface area (Å²) in [7, 11) is 1.41. The number of methoxy groups -OCH3 is 1. The van der Waals surface area contributed by atoms with Crippen LogP contribution >= 0.6 is 0 Å². The summed E-state index contributed by atoms with van der Waals surface area (Å²) in [5.74, 6) is 2.30. The molecule has 0 aromatic rings. The van der Waals surface area contributed by atoms with E-state index in [1.54, 1.807) is 4.90 Å². The Kier molecular flexibility index (Phi) is 2.73. The van der Waals surface area contributed by atoms with Crippen molar-refractivity contribution in [3.63, 3.8) is 0 Å². The van der Waals surface area contributed by atoms with E-state index in [0.29, 0.717) is 0 Å². The summed E-state index contributed by atoms with van der Waals surface area (Å²) in [6.45, 7) is 0.166. The predicted octanol–water partition coefficient (Wildman–Crippen LogP) is 2.55. The number of amides is 1. The van der Waals surface area contributed by atoms with E-state index >= 15 is 0 Å². The first-order valence-electron chi connectivity index (χ1n) is 6.89. The predicted molar refractivity (Wildman–Crippen MR) is 65.6 cm³/mol. The molecule has 0 heterocycles. The largest absolute Gasteiger partial charge is 0.453 e. The summed E-state index contributed by atoms with van der Waals surface area (Å²) < 4.78 is 4.89. The first-order chi connectivity index (χ1) is 8.66. The standard InChI is InChI=1S/C14H20N2O2/c1-18-13(17)16(3-2-15)14-7-10-4-11(8-14)6-12(5-10)9-14/h10-12H,3-9H2,1H3. The number of carbonyl (C=O) groups excluding carboxylic acids is 1. The molecule has 0 unspecified atom stereocenters. The van der Waals surface area contributed by atoms with Crippen LogP contribution in [0.5, 0.6) is 0 Å². The Morgan fingerprint density at radius 3 is 2.17 bits per heavy atom. The van der Waals surface area contributed by atoms with Crippen molar-refractivity contribution in [2.75, 3.05) is 13.7 Å². The minimum atomic E-state index is -0.321. The molecule has 4 aliphatic rings. The highest BCUT2D eigenvalue weighted by atomic mass is 16.5. The lowest BCUT2D eigenvalue weighted by Crippen LogP contribution is -2.61. The van der Waals surface area contributed by atoms with Crippen molar-refractivity contribution in [3.8, 4) is 6.07 Å². The van der Waals surface area contributed by atoms with Crippen LogP contribution in [-0.2, 0) is 4.74 Å². The molecule has 4 nitrogen and oxygen atoms in total. The Bertz CT molecular complexity index is 364. The molecular formula is C14H20N2O2. The van der Waals surface area contributed by atoms with Gasteiger partial charge in [0.2, 0.25) is 0 Å². The number of rotatable bonds is 2. The van der Waals surface area contributed by atoms with E-state index in [9.17, 15) is 4.79 Å². The number of nitrogens with zero attached hydrogens (tertiary/aromatic N) is 2. The highest BCUT2D eigenvalue weighted by Gasteiger charge is 2.54. The Labute approximate surface area is 108 Å². The number of hydrogen-bond donors (Lipinski definition) is 0. The zero-order chi connectivity index (χ0) is 12.8. The molecule has 4 heteroatoms. The molecule has 1 amide bonds. The Balaban J connectivity index is 1.88. The molecule has 18 heavy (non-hydrogen) atoms. The molecule has 0 N–H and O–H groups in total. The van der Waals surface area contributed by atoms with Gasteiger partial charge in [-0.25, -0.2) is 4.79 Å². The number of nitriles is 1. The van der Waals surface area contributed by atoms with E-state index in [0.717, 1.165) is 37.0 Å². The summed E-state index contributed by atoms with van der Waals surface area (Å²) in [6.07, 6.45) is 6.92. The topological polar surface area (TPSA) is 53.3 Å². The molecule has 4 aliphatic carbocycles. The van der Waals surface area contributed by atoms with Gasteiger partial charge in [-0.2, -0.15) is 5.26 Å².